The Balaban J connectivity index is 2.16. The highest BCUT2D eigenvalue weighted by Crippen LogP contribution is 2.42. The number of aromatic nitrogens is 1. The van der Waals surface area contributed by atoms with Crippen molar-refractivity contribution in [2.45, 2.75) is 19.3 Å². The first kappa shape index (κ1) is 11.1. The van der Waals surface area contributed by atoms with Gasteiger partial charge in [-0.15, -0.1) is 0 Å². The zero-order valence-corrected chi connectivity index (χ0v) is 9.39. The number of rotatable bonds is 3. The van der Waals surface area contributed by atoms with Crippen LogP contribution in [0.25, 0.3) is 0 Å². The minimum absolute atomic E-state index is 0.0278. The van der Waals surface area contributed by atoms with E-state index in [1.54, 1.807) is 19.3 Å². The molecular formula is C12H16N2O2. The molecule has 1 fully saturated rings. The van der Waals surface area contributed by atoms with Gasteiger partial charge in [-0.3, -0.25) is 9.69 Å². The molecule has 16 heavy (non-hydrogen) atoms. The third-order valence-electron chi connectivity index (χ3n) is 3.36. The molecule has 0 radical (unpaired) electrons. The number of aliphatic hydroxyl groups excluding tert-OH is 1. The lowest BCUT2D eigenvalue weighted by Crippen LogP contribution is -2.49. The molecule has 1 aliphatic carbocycles. The molecular weight excluding hydrogens is 204 g/mol. The van der Waals surface area contributed by atoms with E-state index in [9.17, 15) is 9.90 Å². The molecule has 1 aromatic heterocycles. The Morgan fingerprint density at radius 1 is 1.56 bits per heavy atom. The molecule has 1 saturated carbocycles. The average molecular weight is 220 g/mol. The van der Waals surface area contributed by atoms with Crippen LogP contribution in [-0.2, 0) is 4.79 Å². The van der Waals surface area contributed by atoms with Gasteiger partial charge in [-0.05, 0) is 25.0 Å². The second-order valence-corrected chi connectivity index (χ2v) is 4.34. The topological polar surface area (TPSA) is 53.4 Å². The summed E-state index contributed by atoms with van der Waals surface area (Å²) in [5.41, 5.74) is -0.549. The predicted molar refractivity (Wildman–Crippen MR) is 61.0 cm³/mol. The van der Waals surface area contributed by atoms with Gasteiger partial charge in [0.15, 0.2) is 0 Å². The molecule has 0 saturated heterocycles. The van der Waals surface area contributed by atoms with Crippen molar-refractivity contribution in [2.24, 2.45) is 5.41 Å². The van der Waals surface area contributed by atoms with Gasteiger partial charge in [-0.25, -0.2) is 4.98 Å². The van der Waals surface area contributed by atoms with Crippen molar-refractivity contribution < 1.29 is 9.90 Å². The third kappa shape index (κ3) is 1.69. The summed E-state index contributed by atoms with van der Waals surface area (Å²) < 4.78 is 0. The Bertz CT molecular complexity index is 368. The number of anilines is 1. The van der Waals surface area contributed by atoms with Crippen LogP contribution in [0.2, 0.25) is 0 Å². The minimum atomic E-state index is -0.549. The normalized spacial score (nSPS) is 17.6. The molecule has 4 heteroatoms. The van der Waals surface area contributed by atoms with Gasteiger partial charge < -0.3 is 5.11 Å². The smallest absolute Gasteiger partial charge is 0.236 e. The Labute approximate surface area is 94.9 Å². The first-order valence-corrected chi connectivity index (χ1v) is 5.50. The van der Waals surface area contributed by atoms with Crippen LogP contribution in [0.1, 0.15) is 19.3 Å². The minimum Gasteiger partial charge on any atom is -0.395 e. The largest absolute Gasteiger partial charge is 0.395 e. The summed E-state index contributed by atoms with van der Waals surface area (Å²) in [4.78, 5) is 17.9. The lowest BCUT2D eigenvalue weighted by atomic mass is 9.68. The Morgan fingerprint density at radius 3 is 2.75 bits per heavy atom. The van der Waals surface area contributed by atoms with Gasteiger partial charge in [0.2, 0.25) is 5.91 Å². The lowest BCUT2D eigenvalue weighted by Gasteiger charge is -2.40. The number of carbonyl (C=O) groups is 1. The molecule has 1 aromatic rings. The molecule has 86 valence electrons. The molecule has 1 heterocycles. The number of pyridine rings is 1. The maximum Gasteiger partial charge on any atom is 0.236 e. The van der Waals surface area contributed by atoms with Crippen LogP contribution in [0.15, 0.2) is 24.4 Å². The van der Waals surface area contributed by atoms with Crippen LogP contribution in [0.3, 0.4) is 0 Å². The second-order valence-electron chi connectivity index (χ2n) is 4.34. The van der Waals surface area contributed by atoms with Crippen molar-refractivity contribution in [1.29, 1.82) is 0 Å². The molecule has 0 atom stereocenters. The summed E-state index contributed by atoms with van der Waals surface area (Å²) in [5, 5.41) is 9.33. The van der Waals surface area contributed by atoms with Gasteiger partial charge in [-0.2, -0.15) is 0 Å². The number of carbonyl (C=O) groups excluding carboxylic acids is 1. The van der Waals surface area contributed by atoms with Crippen LogP contribution in [0.4, 0.5) is 5.82 Å². The number of amides is 1. The highest BCUT2D eigenvalue weighted by Gasteiger charge is 2.45. The summed E-state index contributed by atoms with van der Waals surface area (Å²) in [5.74, 6) is 0.604. The quantitative estimate of drug-likeness (QED) is 0.833. The van der Waals surface area contributed by atoms with Gasteiger partial charge in [0, 0.05) is 13.2 Å². The third-order valence-corrected chi connectivity index (χ3v) is 3.36. The van der Waals surface area contributed by atoms with Crippen LogP contribution < -0.4 is 4.90 Å². The standard InChI is InChI=1S/C12H16N2O2/c1-14(10-5-2-3-8-13-10)11(16)12(9-15)6-4-7-12/h2-3,5,8,15H,4,6-7,9H2,1H3. The fourth-order valence-corrected chi connectivity index (χ4v) is 2.06. The Hall–Kier alpha value is -1.42. The summed E-state index contributed by atoms with van der Waals surface area (Å²) in [7, 11) is 1.71. The van der Waals surface area contributed by atoms with E-state index in [1.807, 2.05) is 12.1 Å². The molecule has 0 spiro atoms. The highest BCUT2D eigenvalue weighted by molar-refractivity contribution is 5.97. The van der Waals surface area contributed by atoms with E-state index in [-0.39, 0.29) is 12.5 Å². The molecule has 2 rings (SSSR count). The van der Waals surface area contributed by atoms with Gasteiger partial charge in [0.1, 0.15) is 5.82 Å². The fourth-order valence-electron chi connectivity index (χ4n) is 2.06. The van der Waals surface area contributed by atoms with E-state index < -0.39 is 5.41 Å². The van der Waals surface area contributed by atoms with E-state index in [1.165, 1.54) is 4.90 Å². The molecule has 0 aromatic carbocycles. The average Bonchev–Trinajstić information content (AvgIpc) is 2.28. The molecule has 0 bridgehead atoms. The van der Waals surface area contributed by atoms with Crippen LogP contribution in [-0.4, -0.2) is 29.7 Å². The van der Waals surface area contributed by atoms with Crippen molar-refractivity contribution in [3.63, 3.8) is 0 Å². The fraction of sp³-hybridized carbons (Fsp3) is 0.500. The first-order chi connectivity index (χ1) is 7.69. The molecule has 4 nitrogen and oxygen atoms in total. The second kappa shape index (κ2) is 4.22. The predicted octanol–water partition coefficient (Wildman–Crippen LogP) is 1.21. The monoisotopic (exact) mass is 220 g/mol. The van der Waals surface area contributed by atoms with Crippen LogP contribution in [0, 0.1) is 5.41 Å². The van der Waals surface area contributed by atoms with Gasteiger partial charge in [0.25, 0.3) is 0 Å². The van der Waals surface area contributed by atoms with Crippen molar-refractivity contribution in [3.8, 4) is 0 Å². The number of nitrogens with zero attached hydrogens (tertiary/aromatic N) is 2. The van der Waals surface area contributed by atoms with Gasteiger partial charge in [0.05, 0.1) is 12.0 Å². The number of aliphatic hydroxyl groups is 1. The van der Waals surface area contributed by atoms with Crippen molar-refractivity contribution in [2.75, 3.05) is 18.6 Å². The van der Waals surface area contributed by atoms with Gasteiger partial charge >= 0.3 is 0 Å². The molecule has 1 N–H and O–H groups in total. The SMILES string of the molecule is CN(C(=O)C1(CO)CCC1)c1ccccn1. The van der Waals surface area contributed by atoms with Crippen molar-refractivity contribution in [3.05, 3.63) is 24.4 Å². The molecule has 0 unspecified atom stereocenters. The summed E-state index contributed by atoms with van der Waals surface area (Å²) >= 11 is 0. The van der Waals surface area contributed by atoms with E-state index in [4.69, 9.17) is 0 Å². The number of hydrogen-bond acceptors (Lipinski definition) is 3. The summed E-state index contributed by atoms with van der Waals surface area (Å²) in [6, 6.07) is 5.45. The van der Waals surface area contributed by atoms with Crippen molar-refractivity contribution in [1.82, 2.24) is 4.98 Å². The molecule has 0 aliphatic heterocycles. The Morgan fingerprint density at radius 2 is 2.31 bits per heavy atom. The van der Waals surface area contributed by atoms with E-state index in [0.717, 1.165) is 19.3 Å². The summed E-state index contributed by atoms with van der Waals surface area (Å²) in [6.07, 6.45) is 4.23. The molecule has 1 amide bonds. The molecule has 1 aliphatic rings. The first-order valence-electron chi connectivity index (χ1n) is 5.50. The van der Waals surface area contributed by atoms with E-state index >= 15 is 0 Å². The highest BCUT2D eigenvalue weighted by atomic mass is 16.3. The zero-order valence-electron chi connectivity index (χ0n) is 9.39. The zero-order chi connectivity index (χ0) is 11.6. The maximum atomic E-state index is 12.2. The van der Waals surface area contributed by atoms with Gasteiger partial charge in [-0.1, -0.05) is 12.5 Å². The van der Waals surface area contributed by atoms with E-state index in [0.29, 0.717) is 5.82 Å². The van der Waals surface area contributed by atoms with Crippen molar-refractivity contribution >= 4 is 11.7 Å². The van der Waals surface area contributed by atoms with Crippen LogP contribution >= 0.6 is 0 Å². The lowest BCUT2D eigenvalue weighted by molar-refractivity contribution is -0.136. The Kier molecular flexibility index (Phi) is 2.92. The summed E-state index contributed by atoms with van der Waals surface area (Å²) in [6.45, 7) is -0.0665. The van der Waals surface area contributed by atoms with Crippen LogP contribution in [0.5, 0.6) is 0 Å². The number of hydrogen-bond donors (Lipinski definition) is 1. The van der Waals surface area contributed by atoms with E-state index in [2.05, 4.69) is 4.98 Å². The maximum absolute atomic E-state index is 12.2.